The van der Waals surface area contributed by atoms with Gasteiger partial charge in [0, 0.05) is 11.4 Å². The van der Waals surface area contributed by atoms with Crippen molar-refractivity contribution in [1.82, 2.24) is 0 Å². The first-order valence-electron chi connectivity index (χ1n) is 6.12. The fourth-order valence-electron chi connectivity index (χ4n) is 2.07. The van der Waals surface area contributed by atoms with Crippen molar-refractivity contribution in [2.45, 2.75) is 25.9 Å². The second kappa shape index (κ2) is 5.32. The van der Waals surface area contributed by atoms with Gasteiger partial charge in [0.25, 0.3) is 0 Å². The van der Waals surface area contributed by atoms with E-state index >= 15 is 0 Å². The first kappa shape index (κ1) is 14.0. The molecule has 1 unspecified atom stereocenters. The maximum Gasteiger partial charge on any atom is 0.126 e. The van der Waals surface area contributed by atoms with Crippen molar-refractivity contribution >= 4 is 11.6 Å². The standard InChI is InChI=1S/C16H16ClFO/c1-11-6-7-13(9-15(11)18)16(2,19)10-12-4-3-5-14(17)8-12/h3-9,19H,10H2,1-2H3. The summed E-state index contributed by atoms with van der Waals surface area (Å²) >= 11 is 5.92. The minimum Gasteiger partial charge on any atom is -0.385 e. The molecule has 0 fully saturated rings. The van der Waals surface area contributed by atoms with Crippen LogP contribution < -0.4 is 0 Å². The summed E-state index contributed by atoms with van der Waals surface area (Å²) in [5.74, 6) is -0.302. The van der Waals surface area contributed by atoms with Crippen LogP contribution in [0.5, 0.6) is 0 Å². The molecule has 0 aliphatic rings. The molecule has 0 bridgehead atoms. The van der Waals surface area contributed by atoms with Crippen molar-refractivity contribution in [3.63, 3.8) is 0 Å². The molecule has 2 aromatic rings. The van der Waals surface area contributed by atoms with Crippen molar-refractivity contribution in [3.05, 3.63) is 70.0 Å². The number of halogens is 2. The lowest BCUT2D eigenvalue weighted by atomic mass is 9.88. The van der Waals surface area contributed by atoms with E-state index in [1.165, 1.54) is 6.07 Å². The van der Waals surface area contributed by atoms with Crippen LogP contribution in [0, 0.1) is 12.7 Å². The molecule has 2 rings (SSSR count). The first-order valence-corrected chi connectivity index (χ1v) is 6.50. The Balaban J connectivity index is 2.29. The smallest absolute Gasteiger partial charge is 0.126 e. The molecule has 0 amide bonds. The predicted molar refractivity (Wildman–Crippen MR) is 75.9 cm³/mol. The Labute approximate surface area is 117 Å². The Morgan fingerprint density at radius 1 is 1.21 bits per heavy atom. The van der Waals surface area contributed by atoms with Crippen LogP contribution in [-0.4, -0.2) is 5.11 Å². The van der Waals surface area contributed by atoms with E-state index in [9.17, 15) is 9.50 Å². The molecule has 0 heterocycles. The molecular weight excluding hydrogens is 263 g/mol. The van der Waals surface area contributed by atoms with Gasteiger partial charge < -0.3 is 5.11 Å². The number of aryl methyl sites for hydroxylation is 1. The molecule has 0 saturated carbocycles. The molecule has 0 aliphatic carbocycles. The second-order valence-electron chi connectivity index (χ2n) is 5.04. The second-order valence-corrected chi connectivity index (χ2v) is 5.48. The number of rotatable bonds is 3. The Kier molecular flexibility index (Phi) is 3.93. The number of benzene rings is 2. The van der Waals surface area contributed by atoms with E-state index < -0.39 is 5.60 Å². The third-order valence-corrected chi connectivity index (χ3v) is 3.47. The summed E-state index contributed by atoms with van der Waals surface area (Å²) in [5, 5.41) is 11.2. The van der Waals surface area contributed by atoms with Crippen LogP contribution in [0.4, 0.5) is 4.39 Å². The van der Waals surface area contributed by atoms with Gasteiger partial charge in [0.15, 0.2) is 0 Å². The van der Waals surface area contributed by atoms with Crippen LogP contribution in [-0.2, 0) is 12.0 Å². The van der Waals surface area contributed by atoms with Crippen LogP contribution >= 0.6 is 11.6 Å². The largest absolute Gasteiger partial charge is 0.385 e. The van der Waals surface area contributed by atoms with E-state index in [0.717, 1.165) is 5.56 Å². The van der Waals surface area contributed by atoms with Crippen LogP contribution in [0.25, 0.3) is 0 Å². The van der Waals surface area contributed by atoms with Crippen molar-refractivity contribution in [2.24, 2.45) is 0 Å². The Hall–Kier alpha value is -1.38. The highest BCUT2D eigenvalue weighted by atomic mass is 35.5. The Morgan fingerprint density at radius 2 is 1.95 bits per heavy atom. The molecule has 0 saturated heterocycles. The molecule has 2 aromatic carbocycles. The van der Waals surface area contributed by atoms with E-state index in [0.29, 0.717) is 22.6 Å². The highest BCUT2D eigenvalue weighted by Gasteiger charge is 2.24. The normalized spacial score (nSPS) is 14.2. The Morgan fingerprint density at radius 3 is 2.58 bits per heavy atom. The average molecular weight is 279 g/mol. The van der Waals surface area contributed by atoms with Gasteiger partial charge in [-0.3, -0.25) is 0 Å². The fourth-order valence-corrected chi connectivity index (χ4v) is 2.29. The lowest BCUT2D eigenvalue weighted by Crippen LogP contribution is -2.24. The maximum atomic E-state index is 13.6. The minimum absolute atomic E-state index is 0.302. The van der Waals surface area contributed by atoms with Gasteiger partial charge in [-0.25, -0.2) is 4.39 Å². The van der Waals surface area contributed by atoms with Gasteiger partial charge >= 0.3 is 0 Å². The zero-order valence-corrected chi connectivity index (χ0v) is 11.7. The third-order valence-electron chi connectivity index (χ3n) is 3.23. The Bertz CT molecular complexity index is 593. The van der Waals surface area contributed by atoms with E-state index in [1.807, 2.05) is 12.1 Å². The summed E-state index contributed by atoms with van der Waals surface area (Å²) in [6, 6.07) is 12.1. The molecule has 0 aromatic heterocycles. The van der Waals surface area contributed by atoms with E-state index in [-0.39, 0.29) is 5.82 Å². The van der Waals surface area contributed by atoms with Crippen LogP contribution in [0.3, 0.4) is 0 Å². The van der Waals surface area contributed by atoms with Gasteiger partial charge in [-0.15, -0.1) is 0 Å². The molecule has 0 spiro atoms. The summed E-state index contributed by atoms with van der Waals surface area (Å²) in [7, 11) is 0. The molecular formula is C16H16ClFO. The summed E-state index contributed by atoms with van der Waals surface area (Å²) < 4.78 is 13.6. The van der Waals surface area contributed by atoms with Crippen molar-refractivity contribution in [3.8, 4) is 0 Å². The summed E-state index contributed by atoms with van der Waals surface area (Å²) in [5.41, 5.74) is 0.926. The van der Waals surface area contributed by atoms with Gasteiger partial charge in [0.2, 0.25) is 0 Å². The lowest BCUT2D eigenvalue weighted by Gasteiger charge is -2.24. The molecule has 0 aliphatic heterocycles. The van der Waals surface area contributed by atoms with Crippen molar-refractivity contribution < 1.29 is 9.50 Å². The first-order chi connectivity index (χ1) is 8.88. The third kappa shape index (κ3) is 3.34. The summed E-state index contributed by atoms with van der Waals surface area (Å²) in [6.07, 6.45) is 0.385. The average Bonchev–Trinajstić information content (AvgIpc) is 2.32. The van der Waals surface area contributed by atoms with Gasteiger partial charge in [-0.05, 0) is 48.7 Å². The summed E-state index contributed by atoms with van der Waals surface area (Å²) in [4.78, 5) is 0. The molecule has 0 radical (unpaired) electrons. The zero-order valence-electron chi connectivity index (χ0n) is 11.0. The van der Waals surface area contributed by atoms with Crippen LogP contribution in [0.15, 0.2) is 42.5 Å². The van der Waals surface area contributed by atoms with E-state index in [1.54, 1.807) is 38.1 Å². The quantitative estimate of drug-likeness (QED) is 0.890. The number of hydrogen-bond donors (Lipinski definition) is 1. The van der Waals surface area contributed by atoms with Crippen molar-refractivity contribution in [2.75, 3.05) is 0 Å². The topological polar surface area (TPSA) is 20.2 Å². The molecule has 100 valence electrons. The van der Waals surface area contributed by atoms with Crippen LogP contribution in [0.2, 0.25) is 5.02 Å². The maximum absolute atomic E-state index is 13.6. The highest BCUT2D eigenvalue weighted by Crippen LogP contribution is 2.27. The number of hydrogen-bond acceptors (Lipinski definition) is 1. The lowest BCUT2D eigenvalue weighted by molar-refractivity contribution is 0.0573. The monoisotopic (exact) mass is 278 g/mol. The summed E-state index contributed by atoms with van der Waals surface area (Å²) in [6.45, 7) is 3.38. The minimum atomic E-state index is -1.13. The van der Waals surface area contributed by atoms with Crippen LogP contribution in [0.1, 0.15) is 23.6 Å². The molecule has 1 nitrogen and oxygen atoms in total. The molecule has 3 heteroatoms. The van der Waals surface area contributed by atoms with Gasteiger partial charge in [-0.1, -0.05) is 35.9 Å². The van der Waals surface area contributed by atoms with Gasteiger partial charge in [-0.2, -0.15) is 0 Å². The highest BCUT2D eigenvalue weighted by molar-refractivity contribution is 6.30. The predicted octanol–water partition coefficient (Wildman–Crippen LogP) is 4.24. The molecule has 19 heavy (non-hydrogen) atoms. The molecule has 1 N–H and O–H groups in total. The zero-order chi connectivity index (χ0) is 14.0. The van der Waals surface area contributed by atoms with E-state index in [4.69, 9.17) is 11.6 Å². The van der Waals surface area contributed by atoms with Gasteiger partial charge in [0.1, 0.15) is 5.82 Å². The van der Waals surface area contributed by atoms with E-state index in [2.05, 4.69) is 0 Å². The number of aliphatic hydroxyl groups is 1. The van der Waals surface area contributed by atoms with Gasteiger partial charge in [0.05, 0.1) is 5.60 Å². The SMILES string of the molecule is Cc1ccc(C(C)(O)Cc2cccc(Cl)c2)cc1F. The molecule has 1 atom stereocenters. The fraction of sp³-hybridized carbons (Fsp3) is 0.250. The van der Waals surface area contributed by atoms with Crippen molar-refractivity contribution in [1.29, 1.82) is 0 Å².